The third-order valence-electron chi connectivity index (χ3n) is 6.33. The number of benzene rings is 2. The summed E-state index contributed by atoms with van der Waals surface area (Å²) < 4.78 is 27.3. The molecule has 9 nitrogen and oxygen atoms in total. The lowest BCUT2D eigenvalue weighted by Crippen LogP contribution is -2.41. The maximum Gasteiger partial charge on any atom is 0.262 e. The molecule has 2 aromatic carbocycles. The van der Waals surface area contributed by atoms with Gasteiger partial charge >= 0.3 is 0 Å². The predicted molar refractivity (Wildman–Crippen MR) is 129 cm³/mol. The Morgan fingerprint density at radius 1 is 0.914 bits per heavy atom. The van der Waals surface area contributed by atoms with Gasteiger partial charge in [-0.05, 0) is 43.2 Å². The number of hydrogen-bond donors (Lipinski definition) is 0. The Morgan fingerprint density at radius 3 is 2.20 bits per heavy atom. The van der Waals surface area contributed by atoms with Crippen LogP contribution in [0.5, 0.6) is 23.0 Å². The van der Waals surface area contributed by atoms with Crippen LogP contribution < -0.4 is 18.9 Å². The third-order valence-corrected chi connectivity index (χ3v) is 6.33. The van der Waals surface area contributed by atoms with Crippen LogP contribution in [0, 0.1) is 0 Å². The molecule has 0 aliphatic heterocycles. The molecule has 1 aliphatic rings. The molecule has 0 bridgehead atoms. The molecule has 35 heavy (non-hydrogen) atoms. The molecule has 1 aromatic heterocycles. The molecule has 1 heterocycles. The van der Waals surface area contributed by atoms with Crippen LogP contribution in [0.2, 0.25) is 0 Å². The number of ether oxygens (including phenoxy) is 4. The molecule has 3 aromatic rings. The minimum absolute atomic E-state index is 0.0577. The summed E-state index contributed by atoms with van der Waals surface area (Å²) in [4.78, 5) is 20.3. The monoisotopic (exact) mass is 481 g/mol. The highest BCUT2D eigenvalue weighted by atomic mass is 16.5. The van der Waals surface area contributed by atoms with Crippen LogP contribution in [0.15, 0.2) is 40.9 Å². The first-order valence-corrected chi connectivity index (χ1v) is 11.7. The van der Waals surface area contributed by atoms with Crippen LogP contribution in [0.25, 0.3) is 11.4 Å². The smallest absolute Gasteiger partial charge is 0.262 e. The molecule has 0 atom stereocenters. The number of aromatic nitrogens is 2. The van der Waals surface area contributed by atoms with Gasteiger partial charge in [-0.1, -0.05) is 30.5 Å². The molecule has 9 heteroatoms. The summed E-state index contributed by atoms with van der Waals surface area (Å²) in [6, 6.07) is 10.8. The molecule has 1 saturated carbocycles. The molecule has 1 fully saturated rings. The fourth-order valence-corrected chi connectivity index (χ4v) is 4.52. The molecule has 0 unspecified atom stereocenters. The van der Waals surface area contributed by atoms with Gasteiger partial charge in [0.2, 0.25) is 11.7 Å². The van der Waals surface area contributed by atoms with E-state index in [1.165, 1.54) is 6.42 Å². The van der Waals surface area contributed by atoms with Gasteiger partial charge in [-0.3, -0.25) is 4.79 Å². The zero-order valence-corrected chi connectivity index (χ0v) is 20.6. The molecule has 0 radical (unpaired) electrons. The summed E-state index contributed by atoms with van der Waals surface area (Å²) >= 11 is 0. The van der Waals surface area contributed by atoms with Crippen molar-refractivity contribution in [2.24, 2.45) is 0 Å². The molecule has 0 saturated heterocycles. The highest BCUT2D eigenvalue weighted by Crippen LogP contribution is 2.34. The van der Waals surface area contributed by atoms with Crippen LogP contribution in [0.3, 0.4) is 0 Å². The van der Waals surface area contributed by atoms with Gasteiger partial charge in [0.15, 0.2) is 11.5 Å². The van der Waals surface area contributed by atoms with Gasteiger partial charge in [0.05, 0.1) is 28.4 Å². The SMILES string of the molecule is COc1ccc(-c2noc(CN(C(=O)c3c(OC)cccc3OC)C3CCCCC3)n2)cc1OC. The summed E-state index contributed by atoms with van der Waals surface area (Å²) in [7, 11) is 6.24. The maximum absolute atomic E-state index is 13.9. The Morgan fingerprint density at radius 2 is 1.57 bits per heavy atom. The molecule has 186 valence electrons. The van der Waals surface area contributed by atoms with E-state index in [4.69, 9.17) is 23.5 Å². The van der Waals surface area contributed by atoms with E-state index in [1.807, 2.05) is 11.0 Å². The summed E-state index contributed by atoms with van der Waals surface area (Å²) in [5.41, 5.74) is 1.11. The predicted octanol–water partition coefficient (Wildman–Crippen LogP) is 4.75. The van der Waals surface area contributed by atoms with Crippen LogP contribution in [-0.2, 0) is 6.54 Å². The summed E-state index contributed by atoms with van der Waals surface area (Å²) in [6.07, 6.45) is 5.14. The Bertz CT molecular complexity index is 1130. The second-order valence-corrected chi connectivity index (χ2v) is 8.34. The number of rotatable bonds is 9. The van der Waals surface area contributed by atoms with Gasteiger partial charge in [0.25, 0.3) is 5.91 Å². The van der Waals surface area contributed by atoms with Crippen LogP contribution in [0.1, 0.15) is 48.4 Å². The second kappa shape index (κ2) is 11.1. The molecule has 1 amide bonds. The topological polar surface area (TPSA) is 96.2 Å². The Labute approximate surface area is 204 Å². The lowest BCUT2D eigenvalue weighted by Gasteiger charge is -2.34. The van der Waals surface area contributed by atoms with E-state index in [0.29, 0.717) is 40.3 Å². The van der Waals surface area contributed by atoms with E-state index in [1.54, 1.807) is 58.8 Å². The van der Waals surface area contributed by atoms with Crippen LogP contribution in [0.4, 0.5) is 0 Å². The number of amides is 1. The quantitative estimate of drug-likeness (QED) is 0.432. The third kappa shape index (κ3) is 5.18. The van der Waals surface area contributed by atoms with Crippen molar-refractivity contribution in [3.63, 3.8) is 0 Å². The van der Waals surface area contributed by atoms with Crippen molar-refractivity contribution in [1.29, 1.82) is 0 Å². The van der Waals surface area contributed by atoms with Crippen molar-refractivity contribution in [1.82, 2.24) is 15.0 Å². The highest BCUT2D eigenvalue weighted by Gasteiger charge is 2.31. The normalized spacial score (nSPS) is 13.8. The van der Waals surface area contributed by atoms with Crippen LogP contribution in [-0.4, -0.2) is 55.4 Å². The standard InChI is InChI=1S/C26H31N3O6/c1-31-19-14-13-17(15-22(19)34-4)25-27-23(35-28-25)16-29(18-9-6-5-7-10-18)26(30)24-20(32-2)11-8-12-21(24)33-3/h8,11-15,18H,5-7,9-10,16H2,1-4H3. The van der Waals surface area contributed by atoms with Crippen molar-refractivity contribution in [2.75, 3.05) is 28.4 Å². The molecular weight excluding hydrogens is 450 g/mol. The van der Waals surface area contributed by atoms with E-state index in [2.05, 4.69) is 10.1 Å². The van der Waals surface area contributed by atoms with Gasteiger partial charge in [-0.2, -0.15) is 4.98 Å². The zero-order chi connectivity index (χ0) is 24.8. The molecule has 1 aliphatic carbocycles. The van der Waals surface area contributed by atoms with E-state index < -0.39 is 0 Å². The average molecular weight is 482 g/mol. The molecule has 0 N–H and O–H groups in total. The fourth-order valence-electron chi connectivity index (χ4n) is 4.52. The van der Waals surface area contributed by atoms with E-state index in [9.17, 15) is 4.79 Å². The van der Waals surface area contributed by atoms with E-state index >= 15 is 0 Å². The second-order valence-electron chi connectivity index (χ2n) is 8.34. The number of carbonyl (C=O) groups excluding carboxylic acids is 1. The largest absolute Gasteiger partial charge is 0.496 e. The minimum Gasteiger partial charge on any atom is -0.496 e. The first-order valence-electron chi connectivity index (χ1n) is 11.7. The lowest BCUT2D eigenvalue weighted by molar-refractivity contribution is 0.0579. The van der Waals surface area contributed by atoms with Crippen molar-refractivity contribution in [3.05, 3.63) is 47.9 Å². The molecule has 4 rings (SSSR count). The lowest BCUT2D eigenvalue weighted by atomic mass is 9.93. The summed E-state index contributed by atoms with van der Waals surface area (Å²) in [6.45, 7) is 0.186. The van der Waals surface area contributed by atoms with Crippen molar-refractivity contribution >= 4 is 5.91 Å². The van der Waals surface area contributed by atoms with Crippen molar-refractivity contribution in [2.45, 2.75) is 44.7 Å². The van der Waals surface area contributed by atoms with Gasteiger partial charge < -0.3 is 28.4 Å². The fraction of sp³-hybridized carbons (Fsp3) is 0.423. The van der Waals surface area contributed by atoms with E-state index in [0.717, 1.165) is 31.2 Å². The summed E-state index contributed by atoms with van der Waals surface area (Å²) in [5, 5.41) is 4.15. The van der Waals surface area contributed by atoms with Gasteiger partial charge in [0.1, 0.15) is 23.6 Å². The number of methoxy groups -OCH3 is 4. The first kappa shape index (κ1) is 24.4. The number of nitrogens with zero attached hydrogens (tertiary/aromatic N) is 3. The summed E-state index contributed by atoms with van der Waals surface area (Å²) in [5.74, 6) is 2.68. The van der Waals surface area contributed by atoms with E-state index in [-0.39, 0.29) is 18.5 Å². The Hall–Kier alpha value is -3.75. The zero-order valence-electron chi connectivity index (χ0n) is 20.6. The minimum atomic E-state index is -0.183. The van der Waals surface area contributed by atoms with Gasteiger partial charge in [-0.25, -0.2) is 0 Å². The first-order chi connectivity index (χ1) is 17.1. The molecular formula is C26H31N3O6. The highest BCUT2D eigenvalue weighted by molar-refractivity contribution is 6.00. The van der Waals surface area contributed by atoms with Crippen molar-refractivity contribution < 1.29 is 28.3 Å². The van der Waals surface area contributed by atoms with Crippen molar-refractivity contribution in [3.8, 4) is 34.4 Å². The van der Waals surface area contributed by atoms with Crippen LogP contribution >= 0.6 is 0 Å². The maximum atomic E-state index is 13.9. The Kier molecular flexibility index (Phi) is 7.74. The van der Waals surface area contributed by atoms with Gasteiger partial charge in [-0.15, -0.1) is 0 Å². The molecule has 0 spiro atoms. The number of hydrogen-bond acceptors (Lipinski definition) is 8. The van der Waals surface area contributed by atoms with Gasteiger partial charge in [0, 0.05) is 11.6 Å². The number of carbonyl (C=O) groups is 1. The Balaban J connectivity index is 1.65. The average Bonchev–Trinajstić information content (AvgIpc) is 3.39.